The average molecular weight is 431 g/mol. The van der Waals surface area contributed by atoms with Gasteiger partial charge in [0.05, 0.1) is 16.4 Å². The lowest BCUT2D eigenvalue weighted by molar-refractivity contribution is -0.132. The number of nitrogens with two attached hydrogens (primary N) is 1. The van der Waals surface area contributed by atoms with E-state index in [1.165, 1.54) is 0 Å². The first-order chi connectivity index (χ1) is 15.4. The number of rotatable bonds is 5. The van der Waals surface area contributed by atoms with Gasteiger partial charge in [0, 0.05) is 32.8 Å². The minimum Gasteiger partial charge on any atom is -0.382 e. The van der Waals surface area contributed by atoms with Crippen LogP contribution in [0.4, 0.5) is 0 Å². The molecule has 3 heterocycles. The molecule has 1 saturated heterocycles. The van der Waals surface area contributed by atoms with E-state index < -0.39 is 5.41 Å². The minimum atomic E-state index is -0.429. The van der Waals surface area contributed by atoms with Crippen LogP contribution in [-0.4, -0.2) is 44.3 Å². The fourth-order valence-corrected chi connectivity index (χ4v) is 4.66. The van der Waals surface area contributed by atoms with Crippen molar-refractivity contribution in [1.29, 1.82) is 5.41 Å². The number of nitrogen functional groups attached to an aromatic ring is 1. The van der Waals surface area contributed by atoms with Gasteiger partial charge < -0.3 is 15.2 Å². The van der Waals surface area contributed by atoms with Crippen molar-refractivity contribution in [2.45, 2.75) is 37.5 Å². The van der Waals surface area contributed by atoms with E-state index in [0.29, 0.717) is 23.3 Å². The molecule has 3 N–H and O–H groups in total. The topological polar surface area (TPSA) is 118 Å². The minimum absolute atomic E-state index is 0.0960. The molecule has 1 amide bonds. The third kappa shape index (κ3) is 3.36. The highest BCUT2D eigenvalue weighted by atomic mass is 16.2. The molecule has 0 unspecified atom stereocenters. The van der Waals surface area contributed by atoms with E-state index in [4.69, 9.17) is 16.1 Å². The summed E-state index contributed by atoms with van der Waals surface area (Å²) in [6.07, 6.45) is 5.83. The first-order valence-electron chi connectivity index (χ1n) is 11.0. The fourth-order valence-electron chi connectivity index (χ4n) is 4.66. The SMILES string of the molecule is Cn1c(=O)c(Cc2ccc(C(=N)N)nc2)nc2cc(C3(C(=O)N4CCCC4)CC3)ccc21. The smallest absolute Gasteiger partial charge is 0.272 e. The van der Waals surface area contributed by atoms with Gasteiger partial charge in [-0.15, -0.1) is 0 Å². The second-order valence-electron chi connectivity index (χ2n) is 8.85. The van der Waals surface area contributed by atoms with Crippen LogP contribution in [0.25, 0.3) is 11.0 Å². The number of hydrogen-bond donors (Lipinski definition) is 2. The van der Waals surface area contributed by atoms with Gasteiger partial charge in [0.2, 0.25) is 5.91 Å². The number of nitrogens with zero attached hydrogens (tertiary/aromatic N) is 4. The molecule has 32 heavy (non-hydrogen) atoms. The van der Waals surface area contributed by atoms with Gasteiger partial charge in [-0.2, -0.15) is 0 Å². The van der Waals surface area contributed by atoms with Crippen molar-refractivity contribution in [1.82, 2.24) is 19.4 Å². The Morgan fingerprint density at radius 1 is 1.19 bits per heavy atom. The highest BCUT2D eigenvalue weighted by molar-refractivity contribution is 5.93. The summed E-state index contributed by atoms with van der Waals surface area (Å²) < 4.78 is 1.61. The molecule has 0 radical (unpaired) electrons. The summed E-state index contributed by atoms with van der Waals surface area (Å²) in [5, 5.41) is 7.46. The summed E-state index contributed by atoms with van der Waals surface area (Å²) in [5.41, 5.74) is 8.97. The second kappa shape index (κ2) is 7.55. The molecule has 0 spiro atoms. The molecule has 164 valence electrons. The molecule has 2 aliphatic rings. The molecule has 2 aromatic heterocycles. The number of hydrogen-bond acceptors (Lipinski definition) is 5. The quantitative estimate of drug-likeness (QED) is 0.473. The molecule has 1 aliphatic carbocycles. The van der Waals surface area contributed by atoms with Crippen molar-refractivity contribution < 1.29 is 4.79 Å². The molecule has 8 nitrogen and oxygen atoms in total. The average Bonchev–Trinajstić information content (AvgIpc) is 3.42. The summed E-state index contributed by atoms with van der Waals surface area (Å²) >= 11 is 0. The largest absolute Gasteiger partial charge is 0.382 e. The van der Waals surface area contributed by atoms with Gasteiger partial charge in [0.15, 0.2) is 0 Å². The molecule has 5 rings (SSSR count). The molecular formula is C24H26N6O2. The number of carbonyl (C=O) groups is 1. The predicted octanol–water partition coefficient (Wildman–Crippen LogP) is 1.86. The first kappa shape index (κ1) is 20.4. The maximum atomic E-state index is 13.2. The third-order valence-corrected chi connectivity index (χ3v) is 6.72. The molecule has 1 saturated carbocycles. The van der Waals surface area contributed by atoms with Crippen molar-refractivity contribution in [2.75, 3.05) is 13.1 Å². The highest BCUT2D eigenvalue weighted by Gasteiger charge is 2.53. The van der Waals surface area contributed by atoms with Crippen molar-refractivity contribution >= 4 is 22.8 Å². The Morgan fingerprint density at radius 2 is 1.94 bits per heavy atom. The van der Waals surface area contributed by atoms with E-state index >= 15 is 0 Å². The Hall–Kier alpha value is -3.55. The van der Waals surface area contributed by atoms with Crippen LogP contribution in [0.5, 0.6) is 0 Å². The number of aryl methyl sites for hydroxylation is 1. The van der Waals surface area contributed by atoms with Crippen molar-refractivity contribution in [2.24, 2.45) is 12.8 Å². The van der Waals surface area contributed by atoms with Gasteiger partial charge in [-0.05, 0) is 55.0 Å². The van der Waals surface area contributed by atoms with Gasteiger partial charge >= 0.3 is 0 Å². The van der Waals surface area contributed by atoms with Crippen LogP contribution >= 0.6 is 0 Å². The van der Waals surface area contributed by atoms with Gasteiger partial charge in [-0.1, -0.05) is 12.1 Å². The van der Waals surface area contributed by atoms with E-state index in [0.717, 1.165) is 55.4 Å². The van der Waals surface area contributed by atoms with E-state index in [-0.39, 0.29) is 17.3 Å². The first-order valence-corrected chi connectivity index (χ1v) is 11.0. The zero-order chi connectivity index (χ0) is 22.5. The van der Waals surface area contributed by atoms with Crippen LogP contribution in [0.1, 0.15) is 48.2 Å². The number of amides is 1. The number of aromatic nitrogens is 3. The third-order valence-electron chi connectivity index (χ3n) is 6.72. The Bertz CT molecular complexity index is 1280. The van der Waals surface area contributed by atoms with Crippen molar-refractivity contribution in [3.63, 3.8) is 0 Å². The summed E-state index contributed by atoms with van der Waals surface area (Å²) in [4.78, 5) is 37.0. The number of carbonyl (C=O) groups excluding carboxylic acids is 1. The zero-order valence-corrected chi connectivity index (χ0v) is 18.1. The summed E-state index contributed by atoms with van der Waals surface area (Å²) in [5.74, 6) is 0.136. The van der Waals surface area contributed by atoms with Gasteiger partial charge in [-0.25, -0.2) is 4.98 Å². The molecule has 1 aromatic carbocycles. The molecule has 1 aliphatic heterocycles. The Kier molecular flexibility index (Phi) is 4.80. The van der Waals surface area contributed by atoms with Crippen LogP contribution in [0, 0.1) is 5.41 Å². The highest BCUT2D eigenvalue weighted by Crippen LogP contribution is 2.50. The maximum Gasteiger partial charge on any atom is 0.272 e. The monoisotopic (exact) mass is 430 g/mol. The molecule has 2 fully saturated rings. The van der Waals surface area contributed by atoms with Crippen LogP contribution in [-0.2, 0) is 23.7 Å². The maximum absolute atomic E-state index is 13.2. The van der Waals surface area contributed by atoms with E-state index in [1.807, 2.05) is 23.1 Å². The Morgan fingerprint density at radius 3 is 2.56 bits per heavy atom. The van der Waals surface area contributed by atoms with Crippen molar-refractivity contribution in [3.05, 3.63) is 69.4 Å². The number of nitrogens with one attached hydrogen (secondary N) is 1. The summed E-state index contributed by atoms with van der Waals surface area (Å²) in [7, 11) is 1.74. The van der Waals surface area contributed by atoms with Crippen LogP contribution < -0.4 is 11.3 Å². The summed E-state index contributed by atoms with van der Waals surface area (Å²) in [6, 6.07) is 9.34. The summed E-state index contributed by atoms with van der Waals surface area (Å²) in [6.45, 7) is 1.70. The van der Waals surface area contributed by atoms with Gasteiger partial charge in [0.25, 0.3) is 5.56 Å². The lowest BCUT2D eigenvalue weighted by Gasteiger charge is -2.23. The normalized spacial score (nSPS) is 17.0. The second-order valence-corrected chi connectivity index (χ2v) is 8.85. The van der Waals surface area contributed by atoms with E-state index in [9.17, 15) is 9.59 Å². The van der Waals surface area contributed by atoms with Crippen molar-refractivity contribution in [3.8, 4) is 0 Å². The van der Waals surface area contributed by atoms with E-state index in [1.54, 1.807) is 29.9 Å². The predicted molar refractivity (Wildman–Crippen MR) is 122 cm³/mol. The number of pyridine rings is 1. The van der Waals surface area contributed by atoms with Crippen LogP contribution in [0.15, 0.2) is 41.3 Å². The van der Waals surface area contributed by atoms with E-state index in [2.05, 4.69) is 4.98 Å². The molecule has 8 heteroatoms. The fraction of sp³-hybridized carbons (Fsp3) is 0.375. The van der Waals surface area contributed by atoms with Gasteiger partial charge in [0.1, 0.15) is 17.2 Å². The Balaban J connectivity index is 1.50. The molecular weight excluding hydrogens is 404 g/mol. The molecule has 0 bridgehead atoms. The standard InChI is InChI=1S/C24H26N6O2/c1-29-20-7-5-16(24(8-9-24)23(32)30-10-2-3-11-30)13-18(20)28-19(22(29)31)12-15-4-6-17(21(25)26)27-14-15/h4-7,13-14H,2-3,8-12H2,1H3,(H3,25,26). The van der Waals surface area contributed by atoms with Gasteiger partial charge in [-0.3, -0.25) is 20.0 Å². The Labute approximate surface area is 185 Å². The number of likely N-dealkylation sites (tertiary alicyclic amines) is 1. The number of fused-ring (bicyclic) bond motifs is 1. The van der Waals surface area contributed by atoms with Crippen LogP contribution in [0.2, 0.25) is 0 Å². The lowest BCUT2D eigenvalue weighted by atomic mass is 9.93. The van der Waals surface area contributed by atoms with Crippen LogP contribution in [0.3, 0.4) is 0 Å². The molecule has 3 aromatic rings. The number of benzene rings is 1. The zero-order valence-electron chi connectivity index (χ0n) is 18.1. The number of amidine groups is 1. The lowest BCUT2D eigenvalue weighted by Crippen LogP contribution is -2.37. The molecule has 0 atom stereocenters.